The fourth-order valence-corrected chi connectivity index (χ4v) is 2.56. The zero-order valence-electron chi connectivity index (χ0n) is 14.3. The third-order valence-electron chi connectivity index (χ3n) is 3.89. The van der Waals surface area contributed by atoms with Crippen molar-refractivity contribution in [3.05, 3.63) is 29.8 Å². The van der Waals surface area contributed by atoms with Crippen molar-refractivity contribution in [3.63, 3.8) is 0 Å². The Morgan fingerprint density at radius 3 is 2.38 bits per heavy atom. The minimum Gasteiger partial charge on any atom is -0.462 e. The highest BCUT2D eigenvalue weighted by Gasteiger charge is 2.21. The summed E-state index contributed by atoms with van der Waals surface area (Å²) in [4.78, 5) is 27.7. The molecule has 0 aromatic heterocycles. The molecule has 1 aliphatic rings. The van der Waals surface area contributed by atoms with Crippen LogP contribution in [0.3, 0.4) is 0 Å². The van der Waals surface area contributed by atoms with E-state index in [1.54, 1.807) is 31.1 Å². The summed E-state index contributed by atoms with van der Waals surface area (Å²) in [5.41, 5.74) is 1.60. The number of anilines is 1. The molecule has 24 heavy (non-hydrogen) atoms. The Morgan fingerprint density at radius 2 is 1.79 bits per heavy atom. The lowest BCUT2D eigenvalue weighted by atomic mass is 10.2. The molecule has 7 heteroatoms. The highest BCUT2D eigenvalue weighted by molar-refractivity contribution is 5.89. The molecule has 1 N–H and O–H groups in total. The number of esters is 1. The maximum atomic E-state index is 12.0. The van der Waals surface area contributed by atoms with Crippen molar-refractivity contribution in [2.45, 2.75) is 6.92 Å². The SMILES string of the molecule is CCOC(=O)c1ccc(N2CCN(C(=O)NCCOC)CC2)cc1. The predicted molar refractivity (Wildman–Crippen MR) is 91.5 cm³/mol. The first-order valence-corrected chi connectivity index (χ1v) is 8.19. The van der Waals surface area contributed by atoms with E-state index < -0.39 is 0 Å². The molecule has 0 bridgehead atoms. The van der Waals surface area contributed by atoms with E-state index in [2.05, 4.69) is 10.2 Å². The first kappa shape index (κ1) is 18.1. The zero-order valence-corrected chi connectivity index (χ0v) is 14.3. The molecule has 0 aliphatic carbocycles. The van der Waals surface area contributed by atoms with Gasteiger partial charge in [-0.3, -0.25) is 0 Å². The van der Waals surface area contributed by atoms with Gasteiger partial charge < -0.3 is 24.6 Å². The van der Waals surface area contributed by atoms with Crippen LogP contribution in [0.15, 0.2) is 24.3 Å². The minimum atomic E-state index is -0.304. The molecule has 1 heterocycles. The van der Waals surface area contributed by atoms with Crippen LogP contribution in [0.1, 0.15) is 17.3 Å². The Hall–Kier alpha value is -2.28. The highest BCUT2D eigenvalue weighted by atomic mass is 16.5. The second-order valence-corrected chi connectivity index (χ2v) is 5.47. The van der Waals surface area contributed by atoms with Crippen LogP contribution in [0.2, 0.25) is 0 Å². The summed E-state index contributed by atoms with van der Waals surface area (Å²) >= 11 is 0. The minimum absolute atomic E-state index is 0.0515. The summed E-state index contributed by atoms with van der Waals surface area (Å²) in [6.45, 7) is 6.04. The fraction of sp³-hybridized carbons (Fsp3) is 0.529. The standard InChI is InChI=1S/C17H25N3O4/c1-3-24-16(21)14-4-6-15(7-5-14)19-9-11-20(12-10-19)17(22)18-8-13-23-2/h4-7H,3,8-13H2,1-2H3,(H,18,22). The van der Waals surface area contributed by atoms with Gasteiger partial charge in [-0.05, 0) is 31.2 Å². The van der Waals surface area contributed by atoms with Crippen LogP contribution in [-0.4, -0.2) is 69.9 Å². The average molecular weight is 335 g/mol. The Kier molecular flexibility index (Phi) is 6.87. The highest BCUT2D eigenvalue weighted by Crippen LogP contribution is 2.18. The number of hydrogen-bond donors (Lipinski definition) is 1. The van der Waals surface area contributed by atoms with E-state index in [4.69, 9.17) is 9.47 Å². The van der Waals surface area contributed by atoms with Gasteiger partial charge in [0.2, 0.25) is 0 Å². The van der Waals surface area contributed by atoms with E-state index in [0.717, 1.165) is 18.8 Å². The van der Waals surface area contributed by atoms with Crippen molar-refractivity contribution < 1.29 is 19.1 Å². The summed E-state index contributed by atoms with van der Waals surface area (Å²) in [7, 11) is 1.61. The molecule has 1 aromatic carbocycles. The van der Waals surface area contributed by atoms with Crippen LogP contribution in [-0.2, 0) is 9.47 Å². The summed E-state index contributed by atoms with van der Waals surface area (Å²) in [5, 5.41) is 2.83. The van der Waals surface area contributed by atoms with Crippen LogP contribution < -0.4 is 10.2 Å². The van der Waals surface area contributed by atoms with E-state index >= 15 is 0 Å². The molecule has 2 amide bonds. The quantitative estimate of drug-likeness (QED) is 0.627. The predicted octanol–water partition coefficient (Wildman–Crippen LogP) is 1.34. The van der Waals surface area contributed by atoms with Gasteiger partial charge in [-0.2, -0.15) is 0 Å². The van der Waals surface area contributed by atoms with E-state index in [0.29, 0.717) is 38.4 Å². The number of ether oxygens (including phenoxy) is 2. The summed E-state index contributed by atoms with van der Waals surface area (Å²) in [6.07, 6.45) is 0. The third-order valence-corrected chi connectivity index (χ3v) is 3.89. The van der Waals surface area contributed by atoms with Crippen molar-refractivity contribution in [2.24, 2.45) is 0 Å². The van der Waals surface area contributed by atoms with Crippen LogP contribution in [0.5, 0.6) is 0 Å². The number of urea groups is 1. The summed E-state index contributed by atoms with van der Waals surface area (Å²) < 4.78 is 9.90. The number of amides is 2. The number of hydrogen-bond acceptors (Lipinski definition) is 5. The first-order chi connectivity index (χ1) is 11.7. The Morgan fingerprint density at radius 1 is 1.12 bits per heavy atom. The Balaban J connectivity index is 1.83. The largest absolute Gasteiger partial charge is 0.462 e. The number of benzene rings is 1. The molecule has 0 unspecified atom stereocenters. The summed E-state index contributed by atoms with van der Waals surface area (Å²) in [6, 6.07) is 7.33. The first-order valence-electron chi connectivity index (χ1n) is 8.19. The normalized spacial score (nSPS) is 14.4. The molecule has 1 aliphatic heterocycles. The second-order valence-electron chi connectivity index (χ2n) is 5.47. The molecular weight excluding hydrogens is 310 g/mol. The van der Waals surface area contributed by atoms with Crippen LogP contribution in [0.25, 0.3) is 0 Å². The molecule has 0 spiro atoms. The molecule has 1 saturated heterocycles. The van der Waals surface area contributed by atoms with Crippen molar-refractivity contribution in [3.8, 4) is 0 Å². The van der Waals surface area contributed by atoms with Gasteiger partial charge >= 0.3 is 12.0 Å². The van der Waals surface area contributed by atoms with Gasteiger partial charge in [0.25, 0.3) is 0 Å². The monoisotopic (exact) mass is 335 g/mol. The number of carbonyl (C=O) groups excluding carboxylic acids is 2. The molecule has 2 rings (SSSR count). The second kappa shape index (κ2) is 9.12. The maximum Gasteiger partial charge on any atom is 0.338 e. The number of methoxy groups -OCH3 is 1. The van der Waals surface area contributed by atoms with Crippen LogP contribution in [0.4, 0.5) is 10.5 Å². The topological polar surface area (TPSA) is 71.1 Å². The molecule has 1 fully saturated rings. The molecule has 132 valence electrons. The Labute approximate surface area is 142 Å². The fourth-order valence-electron chi connectivity index (χ4n) is 2.56. The smallest absolute Gasteiger partial charge is 0.338 e. The van der Waals surface area contributed by atoms with Gasteiger partial charge in [0.05, 0.1) is 18.8 Å². The number of rotatable bonds is 6. The van der Waals surface area contributed by atoms with Gasteiger partial charge in [-0.1, -0.05) is 0 Å². The number of piperazine rings is 1. The molecular formula is C17H25N3O4. The third kappa shape index (κ3) is 4.86. The van der Waals surface area contributed by atoms with Crippen molar-refractivity contribution in [1.82, 2.24) is 10.2 Å². The van der Waals surface area contributed by atoms with E-state index in [1.165, 1.54) is 0 Å². The number of nitrogens with one attached hydrogen (secondary N) is 1. The van der Waals surface area contributed by atoms with Gasteiger partial charge in [0, 0.05) is 45.5 Å². The van der Waals surface area contributed by atoms with Gasteiger partial charge in [0.15, 0.2) is 0 Å². The lowest BCUT2D eigenvalue weighted by molar-refractivity contribution is 0.0526. The van der Waals surface area contributed by atoms with Gasteiger partial charge in [-0.25, -0.2) is 9.59 Å². The molecule has 1 aromatic rings. The van der Waals surface area contributed by atoms with Crippen molar-refractivity contribution in [1.29, 1.82) is 0 Å². The Bertz CT molecular complexity index is 539. The molecule has 0 radical (unpaired) electrons. The molecule has 0 atom stereocenters. The summed E-state index contributed by atoms with van der Waals surface area (Å²) in [5.74, 6) is -0.304. The molecule has 7 nitrogen and oxygen atoms in total. The van der Waals surface area contributed by atoms with Crippen LogP contribution >= 0.6 is 0 Å². The van der Waals surface area contributed by atoms with Crippen molar-refractivity contribution in [2.75, 3.05) is 57.9 Å². The lowest BCUT2D eigenvalue weighted by Crippen LogP contribution is -2.52. The maximum absolute atomic E-state index is 12.0. The number of carbonyl (C=O) groups is 2. The van der Waals surface area contributed by atoms with Crippen molar-refractivity contribution >= 4 is 17.7 Å². The zero-order chi connectivity index (χ0) is 17.4. The number of nitrogens with zero attached hydrogens (tertiary/aromatic N) is 2. The van der Waals surface area contributed by atoms with E-state index in [-0.39, 0.29) is 12.0 Å². The molecule has 0 saturated carbocycles. The lowest BCUT2D eigenvalue weighted by Gasteiger charge is -2.36. The van der Waals surface area contributed by atoms with Crippen LogP contribution in [0, 0.1) is 0 Å². The average Bonchev–Trinajstić information content (AvgIpc) is 2.62. The van der Waals surface area contributed by atoms with Gasteiger partial charge in [-0.15, -0.1) is 0 Å². The van der Waals surface area contributed by atoms with E-state index in [9.17, 15) is 9.59 Å². The van der Waals surface area contributed by atoms with Gasteiger partial charge in [0.1, 0.15) is 0 Å². The van der Waals surface area contributed by atoms with E-state index in [1.807, 2.05) is 12.1 Å².